The molecule has 4 aromatic rings. The molecule has 4 rings (SSSR count). The van der Waals surface area contributed by atoms with Gasteiger partial charge in [0.1, 0.15) is 12.0 Å². The van der Waals surface area contributed by atoms with E-state index in [1.54, 1.807) is 23.4 Å². The minimum atomic E-state index is -0.218. The molecule has 0 saturated carbocycles. The van der Waals surface area contributed by atoms with Crippen molar-refractivity contribution in [3.8, 4) is 5.69 Å². The third-order valence-corrected chi connectivity index (χ3v) is 4.96. The highest BCUT2D eigenvalue weighted by atomic mass is 32.2. The van der Waals surface area contributed by atoms with Crippen molar-refractivity contribution in [2.24, 2.45) is 7.05 Å². The Balaban J connectivity index is 1.48. The monoisotopic (exact) mass is 376 g/mol. The van der Waals surface area contributed by atoms with Crippen LogP contribution in [0.5, 0.6) is 0 Å². The van der Waals surface area contributed by atoms with Gasteiger partial charge in [0, 0.05) is 23.3 Å². The van der Waals surface area contributed by atoms with Gasteiger partial charge >= 0.3 is 0 Å². The molecule has 0 spiro atoms. The Morgan fingerprint density at radius 2 is 1.81 bits per heavy atom. The molecule has 1 N–H and O–H groups in total. The van der Waals surface area contributed by atoms with Crippen molar-refractivity contribution >= 4 is 23.4 Å². The number of imidazole rings is 1. The molecule has 0 unspecified atom stereocenters. The van der Waals surface area contributed by atoms with Gasteiger partial charge in [0.15, 0.2) is 5.16 Å². The van der Waals surface area contributed by atoms with Crippen LogP contribution in [-0.2, 0) is 7.05 Å². The predicted molar refractivity (Wildman–Crippen MR) is 103 cm³/mol. The van der Waals surface area contributed by atoms with Crippen LogP contribution >= 0.6 is 11.8 Å². The number of amides is 1. The molecule has 134 valence electrons. The summed E-state index contributed by atoms with van der Waals surface area (Å²) in [5.74, 6) is -0.218. The molecule has 8 heteroatoms. The average molecular weight is 376 g/mol. The maximum Gasteiger partial charge on any atom is 0.274 e. The summed E-state index contributed by atoms with van der Waals surface area (Å²) in [6.45, 7) is 0. The number of aromatic nitrogens is 5. The van der Waals surface area contributed by atoms with Gasteiger partial charge in [-0.2, -0.15) is 0 Å². The number of rotatable bonds is 5. The van der Waals surface area contributed by atoms with E-state index in [0.717, 1.165) is 15.7 Å². The van der Waals surface area contributed by atoms with Crippen molar-refractivity contribution in [1.82, 2.24) is 24.3 Å². The van der Waals surface area contributed by atoms with E-state index in [0.29, 0.717) is 11.4 Å². The summed E-state index contributed by atoms with van der Waals surface area (Å²) in [4.78, 5) is 17.8. The first kappa shape index (κ1) is 17.0. The molecule has 2 aromatic heterocycles. The van der Waals surface area contributed by atoms with E-state index in [2.05, 4.69) is 20.5 Å². The number of para-hydroxylation sites is 1. The fourth-order valence-electron chi connectivity index (χ4n) is 2.53. The summed E-state index contributed by atoms with van der Waals surface area (Å²) < 4.78 is 3.61. The fourth-order valence-corrected chi connectivity index (χ4v) is 3.29. The lowest BCUT2D eigenvalue weighted by atomic mass is 10.3. The van der Waals surface area contributed by atoms with Crippen LogP contribution in [0.25, 0.3) is 5.69 Å². The summed E-state index contributed by atoms with van der Waals surface area (Å²) in [5.41, 5.74) is 2.07. The molecule has 2 heterocycles. The Kier molecular flexibility index (Phi) is 4.71. The van der Waals surface area contributed by atoms with E-state index in [-0.39, 0.29) is 5.91 Å². The van der Waals surface area contributed by atoms with Crippen LogP contribution in [0.4, 0.5) is 5.69 Å². The first-order valence-corrected chi connectivity index (χ1v) is 9.03. The first-order valence-electron chi connectivity index (χ1n) is 8.22. The van der Waals surface area contributed by atoms with Gasteiger partial charge in [-0.25, -0.2) is 4.98 Å². The van der Waals surface area contributed by atoms with Gasteiger partial charge in [0.25, 0.3) is 5.91 Å². The Labute approximate surface area is 160 Å². The predicted octanol–water partition coefficient (Wildman–Crippen LogP) is 3.40. The maximum absolute atomic E-state index is 12.7. The Bertz CT molecular complexity index is 1060. The summed E-state index contributed by atoms with van der Waals surface area (Å²) in [6, 6.07) is 17.2. The summed E-state index contributed by atoms with van der Waals surface area (Å²) in [6.07, 6.45) is 4.85. The minimum Gasteiger partial charge on any atom is -0.321 e. The normalized spacial score (nSPS) is 10.7. The smallest absolute Gasteiger partial charge is 0.274 e. The lowest BCUT2D eigenvalue weighted by Gasteiger charge is -2.09. The largest absolute Gasteiger partial charge is 0.321 e. The van der Waals surface area contributed by atoms with Crippen LogP contribution in [0.3, 0.4) is 0 Å². The molecule has 7 nitrogen and oxygen atoms in total. The zero-order valence-corrected chi connectivity index (χ0v) is 15.3. The topological polar surface area (TPSA) is 77.6 Å². The van der Waals surface area contributed by atoms with E-state index in [4.69, 9.17) is 0 Å². The number of anilines is 1. The molecule has 0 atom stereocenters. The Morgan fingerprint density at radius 3 is 2.52 bits per heavy atom. The number of carbonyl (C=O) groups excluding carboxylic acids is 1. The third-order valence-electron chi connectivity index (χ3n) is 3.90. The van der Waals surface area contributed by atoms with Gasteiger partial charge in [-0.05, 0) is 48.2 Å². The zero-order chi connectivity index (χ0) is 18.6. The number of hydrogen-bond donors (Lipinski definition) is 1. The van der Waals surface area contributed by atoms with Gasteiger partial charge in [-0.1, -0.05) is 18.2 Å². The summed E-state index contributed by atoms with van der Waals surface area (Å²) in [7, 11) is 1.90. The molecule has 1 amide bonds. The van der Waals surface area contributed by atoms with E-state index in [9.17, 15) is 4.79 Å². The van der Waals surface area contributed by atoms with Crippen LogP contribution < -0.4 is 5.32 Å². The molecule has 0 aliphatic heterocycles. The molecule has 0 aliphatic rings. The van der Waals surface area contributed by atoms with E-state index in [1.165, 1.54) is 11.8 Å². The summed E-state index contributed by atoms with van der Waals surface area (Å²) >= 11 is 1.51. The van der Waals surface area contributed by atoms with E-state index in [1.807, 2.05) is 66.2 Å². The molecular formula is C19H16N6OS. The number of benzene rings is 2. The third kappa shape index (κ3) is 3.75. The van der Waals surface area contributed by atoms with Crippen molar-refractivity contribution in [1.29, 1.82) is 0 Å². The van der Waals surface area contributed by atoms with Crippen molar-refractivity contribution in [3.63, 3.8) is 0 Å². The average Bonchev–Trinajstić information content (AvgIpc) is 3.34. The van der Waals surface area contributed by atoms with Crippen LogP contribution in [-0.4, -0.2) is 30.2 Å². The highest BCUT2D eigenvalue weighted by Crippen LogP contribution is 2.26. The van der Waals surface area contributed by atoms with Gasteiger partial charge in [-0.15, -0.1) is 10.2 Å². The second-order valence-electron chi connectivity index (χ2n) is 5.79. The SMILES string of the molecule is Cn1cnnc1Sc1ccc(NC(=O)c2cncn2-c2ccccc2)cc1. The maximum atomic E-state index is 12.7. The molecule has 0 radical (unpaired) electrons. The second kappa shape index (κ2) is 7.46. The van der Waals surface area contributed by atoms with E-state index >= 15 is 0 Å². The number of nitrogens with zero attached hydrogens (tertiary/aromatic N) is 5. The molecule has 0 bridgehead atoms. The van der Waals surface area contributed by atoms with Crippen LogP contribution in [0.1, 0.15) is 10.5 Å². The fraction of sp³-hybridized carbons (Fsp3) is 0.0526. The Morgan fingerprint density at radius 1 is 1.04 bits per heavy atom. The first-order chi connectivity index (χ1) is 13.2. The molecule has 0 saturated heterocycles. The quantitative estimate of drug-likeness (QED) is 0.578. The van der Waals surface area contributed by atoms with E-state index < -0.39 is 0 Å². The molecule has 0 fully saturated rings. The molecular weight excluding hydrogens is 360 g/mol. The van der Waals surface area contributed by atoms with Gasteiger partial charge in [0.05, 0.1) is 12.5 Å². The number of nitrogens with one attached hydrogen (secondary N) is 1. The number of aryl methyl sites for hydroxylation is 1. The lowest BCUT2D eigenvalue weighted by Crippen LogP contribution is -2.16. The molecule has 2 aromatic carbocycles. The lowest BCUT2D eigenvalue weighted by molar-refractivity contribution is 0.102. The highest BCUT2D eigenvalue weighted by Gasteiger charge is 2.13. The van der Waals surface area contributed by atoms with Crippen LogP contribution in [0.2, 0.25) is 0 Å². The highest BCUT2D eigenvalue weighted by molar-refractivity contribution is 7.99. The van der Waals surface area contributed by atoms with Crippen molar-refractivity contribution in [2.45, 2.75) is 10.1 Å². The minimum absolute atomic E-state index is 0.218. The van der Waals surface area contributed by atoms with Crippen molar-refractivity contribution < 1.29 is 4.79 Å². The van der Waals surface area contributed by atoms with Crippen molar-refractivity contribution in [2.75, 3.05) is 5.32 Å². The Hall–Kier alpha value is -3.39. The van der Waals surface area contributed by atoms with Gasteiger partial charge in [-0.3, -0.25) is 9.36 Å². The summed E-state index contributed by atoms with van der Waals surface area (Å²) in [5, 5.41) is 11.6. The standard InChI is InChI=1S/C19H16N6OS/c1-24-13-21-23-19(24)27-16-9-7-14(8-10-16)22-18(26)17-11-20-12-25(17)15-5-3-2-4-6-15/h2-13H,1H3,(H,22,26). The van der Waals surface area contributed by atoms with Crippen molar-refractivity contribution in [3.05, 3.63) is 79.1 Å². The number of hydrogen-bond acceptors (Lipinski definition) is 5. The zero-order valence-electron chi connectivity index (χ0n) is 14.5. The van der Waals surface area contributed by atoms with Crippen LogP contribution in [0.15, 0.2) is 83.5 Å². The number of carbonyl (C=O) groups is 1. The second-order valence-corrected chi connectivity index (χ2v) is 6.83. The van der Waals surface area contributed by atoms with Gasteiger partial charge < -0.3 is 9.88 Å². The molecule has 0 aliphatic carbocycles. The van der Waals surface area contributed by atoms with Crippen LogP contribution in [0, 0.1) is 0 Å². The van der Waals surface area contributed by atoms with Gasteiger partial charge in [0.2, 0.25) is 0 Å². The molecule has 27 heavy (non-hydrogen) atoms.